The van der Waals surface area contributed by atoms with Crippen LogP contribution < -0.4 is 0 Å². The van der Waals surface area contributed by atoms with Gasteiger partial charge in [0.25, 0.3) is 0 Å². The lowest BCUT2D eigenvalue weighted by molar-refractivity contribution is -0.141. The highest BCUT2D eigenvalue weighted by Gasteiger charge is 2.29. The van der Waals surface area contributed by atoms with Gasteiger partial charge < -0.3 is 18.9 Å². The highest BCUT2D eigenvalue weighted by atomic mass is 16.6. The van der Waals surface area contributed by atoms with E-state index >= 15 is 0 Å². The second-order valence-corrected chi connectivity index (χ2v) is 7.59. The van der Waals surface area contributed by atoms with E-state index in [1.165, 1.54) is 17.9 Å². The number of carbonyl (C=O) groups is 2. The van der Waals surface area contributed by atoms with Crippen molar-refractivity contribution >= 4 is 23.0 Å². The van der Waals surface area contributed by atoms with Crippen molar-refractivity contribution in [3.8, 4) is 0 Å². The van der Waals surface area contributed by atoms with Crippen molar-refractivity contribution < 1.29 is 19.1 Å². The van der Waals surface area contributed by atoms with Gasteiger partial charge in [-0.25, -0.2) is 4.79 Å². The molecule has 0 atom stereocenters. The normalized spacial score (nSPS) is 14.2. The van der Waals surface area contributed by atoms with Crippen LogP contribution in [-0.4, -0.2) is 40.3 Å². The topological polar surface area (TPSA) is 60.8 Å². The van der Waals surface area contributed by atoms with Gasteiger partial charge in [0.05, 0.1) is 13.1 Å². The molecule has 0 radical (unpaired) electrons. The van der Waals surface area contributed by atoms with E-state index in [2.05, 4.69) is 16.7 Å². The fourth-order valence-corrected chi connectivity index (χ4v) is 3.41. The van der Waals surface area contributed by atoms with Crippen LogP contribution in [0.5, 0.6) is 0 Å². The van der Waals surface area contributed by atoms with Gasteiger partial charge >= 0.3 is 12.1 Å². The van der Waals surface area contributed by atoms with Crippen molar-refractivity contribution in [2.24, 2.45) is 0 Å². The summed E-state index contributed by atoms with van der Waals surface area (Å²) in [5, 5.41) is 1.20. The Balaban J connectivity index is 1.90. The summed E-state index contributed by atoms with van der Waals surface area (Å²) in [4.78, 5) is 25.3. The monoisotopic (exact) mass is 358 g/mol. The van der Waals surface area contributed by atoms with Gasteiger partial charge in [-0.2, -0.15) is 0 Å². The average Bonchev–Trinajstić information content (AvgIpc) is 2.87. The SMILES string of the molecule is CC(=O)OCCn1c2c(c3ccccc31)CCN(C(=O)OC(C)(C)C)C2. The zero-order valence-corrected chi connectivity index (χ0v) is 15.9. The quantitative estimate of drug-likeness (QED) is 0.788. The summed E-state index contributed by atoms with van der Waals surface area (Å²) in [5.74, 6) is -0.286. The van der Waals surface area contributed by atoms with Crippen molar-refractivity contribution in [1.82, 2.24) is 9.47 Å². The van der Waals surface area contributed by atoms with Gasteiger partial charge in [-0.3, -0.25) is 4.79 Å². The number of esters is 1. The number of hydrogen-bond acceptors (Lipinski definition) is 4. The lowest BCUT2D eigenvalue weighted by Gasteiger charge is -2.31. The van der Waals surface area contributed by atoms with Gasteiger partial charge in [-0.15, -0.1) is 0 Å². The number of fused-ring (bicyclic) bond motifs is 3. The molecule has 0 unspecified atom stereocenters. The minimum Gasteiger partial charge on any atom is -0.464 e. The van der Waals surface area contributed by atoms with Gasteiger partial charge in [-0.1, -0.05) is 18.2 Å². The average molecular weight is 358 g/mol. The number of amides is 1. The van der Waals surface area contributed by atoms with Crippen molar-refractivity contribution in [3.05, 3.63) is 35.5 Å². The fourth-order valence-electron chi connectivity index (χ4n) is 3.41. The summed E-state index contributed by atoms with van der Waals surface area (Å²) in [6.45, 7) is 9.04. The molecule has 0 N–H and O–H groups in total. The van der Waals surface area contributed by atoms with Gasteiger partial charge in [-0.05, 0) is 38.8 Å². The molecule has 0 bridgehead atoms. The van der Waals surface area contributed by atoms with Gasteiger partial charge in [0.1, 0.15) is 12.2 Å². The minimum absolute atomic E-state index is 0.286. The maximum atomic E-state index is 12.5. The highest BCUT2D eigenvalue weighted by Crippen LogP contribution is 2.31. The predicted octanol–water partition coefficient (Wildman–Crippen LogP) is 3.50. The summed E-state index contributed by atoms with van der Waals surface area (Å²) in [5.41, 5.74) is 2.95. The van der Waals surface area contributed by atoms with Crippen molar-refractivity contribution in [3.63, 3.8) is 0 Å². The summed E-state index contributed by atoms with van der Waals surface area (Å²) >= 11 is 0. The van der Waals surface area contributed by atoms with Crippen LogP contribution in [0.15, 0.2) is 24.3 Å². The van der Waals surface area contributed by atoms with Crippen LogP contribution in [0.25, 0.3) is 10.9 Å². The lowest BCUT2D eigenvalue weighted by atomic mass is 10.0. The molecule has 0 saturated carbocycles. The van der Waals surface area contributed by atoms with E-state index in [4.69, 9.17) is 9.47 Å². The Morgan fingerprint density at radius 2 is 1.92 bits per heavy atom. The summed E-state index contributed by atoms with van der Waals surface area (Å²) < 4.78 is 12.8. The van der Waals surface area contributed by atoms with Crippen LogP contribution in [-0.2, 0) is 33.8 Å². The van der Waals surface area contributed by atoms with Crippen LogP contribution in [0.1, 0.15) is 39.0 Å². The van der Waals surface area contributed by atoms with E-state index in [0.717, 1.165) is 17.6 Å². The first-order valence-corrected chi connectivity index (χ1v) is 8.96. The van der Waals surface area contributed by atoms with E-state index < -0.39 is 5.60 Å². The zero-order chi connectivity index (χ0) is 18.9. The van der Waals surface area contributed by atoms with E-state index in [1.807, 2.05) is 32.9 Å². The first-order chi connectivity index (χ1) is 12.3. The number of carbonyl (C=O) groups excluding carboxylic acids is 2. The third kappa shape index (κ3) is 3.84. The van der Waals surface area contributed by atoms with Crippen molar-refractivity contribution in [2.45, 2.75) is 52.8 Å². The molecular formula is C20H26N2O4. The van der Waals surface area contributed by atoms with Crippen molar-refractivity contribution in [2.75, 3.05) is 13.2 Å². The molecular weight excluding hydrogens is 332 g/mol. The van der Waals surface area contributed by atoms with E-state index in [-0.39, 0.29) is 12.1 Å². The highest BCUT2D eigenvalue weighted by molar-refractivity contribution is 5.86. The molecule has 0 fully saturated rings. The molecule has 3 rings (SSSR count). The molecule has 6 nitrogen and oxygen atoms in total. The second-order valence-electron chi connectivity index (χ2n) is 7.59. The van der Waals surface area contributed by atoms with Crippen LogP contribution >= 0.6 is 0 Å². The van der Waals surface area contributed by atoms with E-state index in [0.29, 0.717) is 26.2 Å². The molecule has 0 saturated heterocycles. The molecule has 1 amide bonds. The molecule has 1 aliphatic rings. The standard InChI is InChI=1S/C20H26N2O4/c1-14(23)25-12-11-22-17-8-6-5-7-15(17)16-9-10-21(13-18(16)22)19(24)26-20(2,3)4/h5-8H,9-13H2,1-4H3. The Morgan fingerprint density at radius 1 is 1.19 bits per heavy atom. The summed E-state index contributed by atoms with van der Waals surface area (Å²) in [6, 6.07) is 8.21. The smallest absolute Gasteiger partial charge is 0.410 e. The Labute approximate surface area is 153 Å². The van der Waals surface area contributed by atoms with Gasteiger partial charge in [0.2, 0.25) is 0 Å². The van der Waals surface area contributed by atoms with Crippen LogP contribution in [0.4, 0.5) is 4.79 Å². The van der Waals surface area contributed by atoms with Gasteiger partial charge in [0, 0.05) is 30.1 Å². The minimum atomic E-state index is -0.514. The van der Waals surface area contributed by atoms with Gasteiger partial charge in [0.15, 0.2) is 0 Å². The fraction of sp³-hybridized carbons (Fsp3) is 0.500. The first kappa shape index (κ1) is 18.3. The van der Waals surface area contributed by atoms with Crippen LogP contribution in [0.3, 0.4) is 0 Å². The molecule has 1 aromatic carbocycles. The predicted molar refractivity (Wildman–Crippen MR) is 98.9 cm³/mol. The van der Waals surface area contributed by atoms with E-state index in [1.54, 1.807) is 4.90 Å². The van der Waals surface area contributed by atoms with Crippen LogP contribution in [0, 0.1) is 0 Å². The molecule has 2 aromatic rings. The lowest BCUT2D eigenvalue weighted by Crippen LogP contribution is -2.40. The molecule has 1 aliphatic heterocycles. The van der Waals surface area contributed by atoms with E-state index in [9.17, 15) is 9.59 Å². The molecule has 0 aliphatic carbocycles. The third-order valence-electron chi connectivity index (χ3n) is 4.44. The maximum Gasteiger partial charge on any atom is 0.410 e. The molecule has 1 aromatic heterocycles. The number of nitrogens with zero attached hydrogens (tertiary/aromatic N) is 2. The number of aromatic nitrogens is 1. The van der Waals surface area contributed by atoms with Crippen LogP contribution in [0.2, 0.25) is 0 Å². The number of hydrogen-bond donors (Lipinski definition) is 0. The molecule has 140 valence electrons. The first-order valence-electron chi connectivity index (χ1n) is 8.96. The molecule has 26 heavy (non-hydrogen) atoms. The number of rotatable bonds is 3. The third-order valence-corrected chi connectivity index (χ3v) is 4.44. The molecule has 6 heteroatoms. The Kier molecular flexibility index (Phi) is 4.94. The summed E-state index contributed by atoms with van der Waals surface area (Å²) in [6.07, 6.45) is 0.496. The largest absolute Gasteiger partial charge is 0.464 e. The number of benzene rings is 1. The Morgan fingerprint density at radius 3 is 2.62 bits per heavy atom. The Bertz CT molecular complexity index is 832. The number of para-hydroxylation sites is 1. The number of ether oxygens (including phenoxy) is 2. The zero-order valence-electron chi connectivity index (χ0n) is 15.9. The Hall–Kier alpha value is -2.50. The summed E-state index contributed by atoms with van der Waals surface area (Å²) in [7, 11) is 0. The second kappa shape index (κ2) is 7.02. The maximum absolute atomic E-state index is 12.5. The van der Waals surface area contributed by atoms with Crippen molar-refractivity contribution in [1.29, 1.82) is 0 Å². The molecule has 0 spiro atoms. The molecule has 2 heterocycles.